The number of hydrazone groups is 1. The van der Waals surface area contributed by atoms with E-state index >= 15 is 0 Å². The second-order valence-corrected chi connectivity index (χ2v) is 8.97. The van der Waals surface area contributed by atoms with Crippen molar-refractivity contribution in [2.75, 3.05) is 0 Å². The van der Waals surface area contributed by atoms with Gasteiger partial charge in [-0.15, -0.1) is 0 Å². The van der Waals surface area contributed by atoms with E-state index in [1.54, 1.807) is 35.3 Å². The maximum Gasteiger partial charge on any atom is 0.251 e. The molecule has 150 valence electrons. The van der Waals surface area contributed by atoms with Crippen LogP contribution in [0, 0.1) is 0 Å². The molecule has 3 aromatic carbocycles. The van der Waals surface area contributed by atoms with Gasteiger partial charge in [0.15, 0.2) is 0 Å². The lowest BCUT2D eigenvalue weighted by atomic mass is 9.96. The molecule has 3 aromatic rings. The maximum absolute atomic E-state index is 13.3. The van der Waals surface area contributed by atoms with Crippen LogP contribution in [0.3, 0.4) is 0 Å². The molecule has 2 aliphatic rings. The number of ether oxygens (including phenoxy) is 1. The molecule has 0 aromatic heterocycles. The Morgan fingerprint density at radius 2 is 1.70 bits per heavy atom. The molecular formula is C23H15BrCl2N2O2. The molecule has 0 saturated heterocycles. The predicted octanol–water partition coefficient (Wildman–Crippen LogP) is 6.51. The third-order valence-electron chi connectivity index (χ3n) is 5.28. The Hall–Kier alpha value is -2.34. The summed E-state index contributed by atoms with van der Waals surface area (Å²) in [6.45, 7) is 0. The van der Waals surface area contributed by atoms with Crippen LogP contribution in [0.4, 0.5) is 0 Å². The van der Waals surface area contributed by atoms with E-state index in [1.807, 2.05) is 36.4 Å². The van der Waals surface area contributed by atoms with Crippen LogP contribution in [0.2, 0.25) is 10.0 Å². The first-order chi connectivity index (χ1) is 14.5. The van der Waals surface area contributed by atoms with Crippen molar-refractivity contribution in [1.29, 1.82) is 0 Å². The second-order valence-electron chi connectivity index (χ2n) is 7.18. The number of hydrogen-bond acceptors (Lipinski definition) is 4. The maximum atomic E-state index is 13.3. The lowest BCUT2D eigenvalue weighted by Gasteiger charge is -2.37. The highest BCUT2D eigenvalue weighted by Crippen LogP contribution is 2.44. The molecule has 0 unspecified atom stereocenters. The van der Waals surface area contributed by atoms with E-state index in [0.717, 1.165) is 21.3 Å². The number of nitrogens with zero attached hydrogens (tertiary/aromatic N) is 2. The molecule has 0 radical (unpaired) electrons. The zero-order chi connectivity index (χ0) is 20.8. The first-order valence-electron chi connectivity index (χ1n) is 9.37. The summed E-state index contributed by atoms with van der Waals surface area (Å²) in [4.78, 5) is 13.3. The lowest BCUT2D eigenvalue weighted by molar-refractivity contribution is -0.00455. The van der Waals surface area contributed by atoms with Crippen molar-refractivity contribution in [1.82, 2.24) is 5.01 Å². The third-order valence-corrected chi connectivity index (χ3v) is 6.30. The largest absolute Gasteiger partial charge is 0.461 e. The van der Waals surface area contributed by atoms with E-state index < -0.39 is 6.23 Å². The molecule has 0 spiro atoms. The number of hydrogen-bond donors (Lipinski definition) is 0. The minimum absolute atomic E-state index is 0.132. The van der Waals surface area contributed by atoms with Gasteiger partial charge in [-0.05, 0) is 60.2 Å². The van der Waals surface area contributed by atoms with E-state index in [0.29, 0.717) is 27.8 Å². The predicted molar refractivity (Wildman–Crippen MR) is 122 cm³/mol. The van der Waals surface area contributed by atoms with Crippen LogP contribution >= 0.6 is 39.1 Å². The number of Topliss-reactive ketones (excluding diaryl/α,β-unsaturated/α-hetero) is 1. The summed E-state index contributed by atoms with van der Waals surface area (Å²) in [7, 11) is 0. The van der Waals surface area contributed by atoms with Crippen LogP contribution in [-0.4, -0.2) is 22.7 Å². The van der Waals surface area contributed by atoms with E-state index in [1.165, 1.54) is 0 Å². The fourth-order valence-corrected chi connectivity index (χ4v) is 4.38. The minimum Gasteiger partial charge on any atom is -0.461 e. The fraction of sp³-hybridized carbons (Fsp3) is 0.130. The molecule has 0 saturated carbocycles. The van der Waals surface area contributed by atoms with E-state index in [9.17, 15) is 4.79 Å². The summed E-state index contributed by atoms with van der Waals surface area (Å²) in [5.41, 5.74) is 3.36. The Labute approximate surface area is 192 Å². The van der Waals surface area contributed by atoms with Gasteiger partial charge < -0.3 is 4.74 Å². The van der Waals surface area contributed by atoms with Crippen molar-refractivity contribution in [2.24, 2.45) is 5.10 Å². The first kappa shape index (κ1) is 19.6. The van der Waals surface area contributed by atoms with Crippen molar-refractivity contribution in [3.05, 3.63) is 97.9 Å². The van der Waals surface area contributed by atoms with Crippen LogP contribution in [0.1, 0.15) is 33.9 Å². The van der Waals surface area contributed by atoms with Gasteiger partial charge >= 0.3 is 0 Å². The Morgan fingerprint density at radius 1 is 1.00 bits per heavy atom. The smallest absolute Gasteiger partial charge is 0.251 e. The monoisotopic (exact) mass is 500 g/mol. The van der Waals surface area contributed by atoms with Crippen LogP contribution in [0.15, 0.2) is 76.3 Å². The molecule has 0 bridgehead atoms. The van der Waals surface area contributed by atoms with E-state index in [4.69, 9.17) is 33.0 Å². The summed E-state index contributed by atoms with van der Waals surface area (Å²) in [6, 6.07) is 20.1. The molecule has 7 heteroatoms. The summed E-state index contributed by atoms with van der Waals surface area (Å²) < 4.78 is 7.12. The van der Waals surface area contributed by atoms with Gasteiger partial charge in [-0.3, -0.25) is 4.79 Å². The quantitative estimate of drug-likeness (QED) is 0.384. The lowest BCUT2D eigenvalue weighted by Crippen LogP contribution is -2.45. The van der Waals surface area contributed by atoms with Gasteiger partial charge in [0.25, 0.3) is 6.23 Å². The molecule has 2 atom stereocenters. The fourth-order valence-electron chi connectivity index (χ4n) is 3.80. The van der Waals surface area contributed by atoms with Crippen LogP contribution in [0.25, 0.3) is 0 Å². The van der Waals surface area contributed by atoms with Crippen LogP contribution in [0.5, 0.6) is 5.75 Å². The molecule has 0 aliphatic carbocycles. The van der Waals surface area contributed by atoms with Crippen molar-refractivity contribution in [3.63, 3.8) is 0 Å². The number of rotatable bonds is 3. The highest BCUT2D eigenvalue weighted by Gasteiger charge is 2.43. The molecule has 5 rings (SSSR count). The number of ketones is 1. The van der Waals surface area contributed by atoms with Crippen molar-refractivity contribution < 1.29 is 9.53 Å². The first-order valence-corrected chi connectivity index (χ1v) is 10.9. The van der Waals surface area contributed by atoms with Crippen molar-refractivity contribution in [3.8, 4) is 5.75 Å². The normalized spacial score (nSPS) is 19.6. The summed E-state index contributed by atoms with van der Waals surface area (Å²) >= 11 is 15.7. The van der Waals surface area contributed by atoms with E-state index in [2.05, 4.69) is 15.9 Å². The number of carbonyl (C=O) groups excluding carboxylic acids is 1. The highest BCUT2D eigenvalue weighted by molar-refractivity contribution is 9.10. The summed E-state index contributed by atoms with van der Waals surface area (Å²) in [6.07, 6.45) is -0.208. The molecule has 2 heterocycles. The van der Waals surface area contributed by atoms with Gasteiger partial charge in [0, 0.05) is 32.1 Å². The van der Waals surface area contributed by atoms with E-state index in [-0.39, 0.29) is 11.8 Å². The average Bonchev–Trinajstić information content (AvgIpc) is 3.19. The van der Waals surface area contributed by atoms with Gasteiger partial charge in [0.05, 0.1) is 11.8 Å². The molecule has 0 fully saturated rings. The zero-order valence-corrected chi connectivity index (χ0v) is 18.7. The van der Waals surface area contributed by atoms with Gasteiger partial charge in [-0.2, -0.15) is 5.10 Å². The van der Waals surface area contributed by atoms with Gasteiger partial charge in [0.2, 0.25) is 5.78 Å². The zero-order valence-electron chi connectivity index (χ0n) is 15.6. The van der Waals surface area contributed by atoms with Gasteiger partial charge in [0.1, 0.15) is 5.75 Å². The van der Waals surface area contributed by atoms with Gasteiger partial charge in [-0.25, -0.2) is 5.01 Å². The average molecular weight is 502 g/mol. The Bertz CT molecular complexity index is 1160. The minimum atomic E-state index is -0.863. The third kappa shape index (κ3) is 3.51. The number of halogens is 3. The second kappa shape index (κ2) is 7.73. The molecule has 30 heavy (non-hydrogen) atoms. The van der Waals surface area contributed by atoms with Crippen LogP contribution < -0.4 is 4.74 Å². The Balaban J connectivity index is 1.57. The van der Waals surface area contributed by atoms with Crippen molar-refractivity contribution in [2.45, 2.75) is 18.7 Å². The molecule has 2 aliphatic heterocycles. The Kier molecular flexibility index (Phi) is 5.05. The molecule has 0 N–H and O–H groups in total. The summed E-state index contributed by atoms with van der Waals surface area (Å²) in [5, 5.41) is 7.76. The number of benzene rings is 3. The van der Waals surface area contributed by atoms with Gasteiger partial charge in [-0.1, -0.05) is 51.3 Å². The standard InChI is InChI=1S/C23H15BrCl2N2O2/c24-15-5-1-13(2-6-15)19-12-20-18-11-17(26)9-10-21(18)30-23(28(20)27-19)22(29)14-3-7-16(25)8-4-14/h1-11,20,23H,12H2/t20-,23+/m1/s1. The number of fused-ring (bicyclic) bond motifs is 3. The Morgan fingerprint density at radius 3 is 2.43 bits per heavy atom. The topological polar surface area (TPSA) is 41.9 Å². The van der Waals surface area contributed by atoms with Crippen LogP contribution in [-0.2, 0) is 0 Å². The molecule has 4 nitrogen and oxygen atoms in total. The van der Waals surface area contributed by atoms with Crippen molar-refractivity contribution >= 4 is 50.6 Å². The molecule has 0 amide bonds. The number of carbonyl (C=O) groups is 1. The summed E-state index contributed by atoms with van der Waals surface area (Å²) in [5.74, 6) is 0.485. The highest BCUT2D eigenvalue weighted by atomic mass is 79.9. The molecular weight excluding hydrogens is 487 g/mol. The SMILES string of the molecule is O=C(c1ccc(Cl)cc1)[C@@H]1Oc2ccc(Cl)cc2[C@H]2CC(c3ccc(Br)cc3)=NN21.